The monoisotopic (exact) mass is 285 g/mol. The van der Waals surface area contributed by atoms with Crippen molar-refractivity contribution in [3.8, 4) is 17.2 Å². The lowest BCUT2D eigenvalue weighted by atomic mass is 10.1. The Morgan fingerprint density at radius 3 is 2.57 bits per heavy atom. The maximum absolute atomic E-state index is 10.0. The molecule has 0 fully saturated rings. The van der Waals surface area contributed by atoms with E-state index < -0.39 is 0 Å². The SMILES string of the molecule is CN(CCc1ccccc1)Cc1cc2c(cc1O)OCO2. The molecular weight excluding hydrogens is 266 g/mol. The van der Waals surface area contributed by atoms with Crippen molar-refractivity contribution >= 4 is 0 Å². The highest BCUT2D eigenvalue weighted by atomic mass is 16.7. The fraction of sp³-hybridized carbons (Fsp3) is 0.294. The van der Waals surface area contributed by atoms with Gasteiger partial charge in [-0.2, -0.15) is 0 Å². The molecule has 2 aromatic rings. The second-order valence-corrected chi connectivity index (χ2v) is 5.31. The Hall–Kier alpha value is -2.20. The minimum atomic E-state index is 0.224. The predicted molar refractivity (Wildman–Crippen MR) is 80.7 cm³/mol. The van der Waals surface area contributed by atoms with E-state index in [1.807, 2.05) is 19.2 Å². The van der Waals surface area contributed by atoms with Gasteiger partial charge in [0, 0.05) is 24.7 Å². The molecule has 0 spiro atoms. The first kappa shape index (κ1) is 13.8. The number of benzene rings is 2. The lowest BCUT2D eigenvalue weighted by Crippen LogP contribution is -2.20. The van der Waals surface area contributed by atoms with Crippen molar-refractivity contribution in [2.24, 2.45) is 0 Å². The van der Waals surface area contributed by atoms with Gasteiger partial charge in [0.1, 0.15) is 5.75 Å². The molecule has 1 aliphatic heterocycles. The predicted octanol–water partition coefficient (Wildman–Crippen LogP) is 2.80. The highest BCUT2D eigenvalue weighted by molar-refractivity contribution is 5.51. The fourth-order valence-electron chi connectivity index (χ4n) is 2.43. The van der Waals surface area contributed by atoms with E-state index in [0.717, 1.165) is 18.5 Å². The van der Waals surface area contributed by atoms with E-state index in [9.17, 15) is 5.11 Å². The Morgan fingerprint density at radius 1 is 1.10 bits per heavy atom. The first-order valence-corrected chi connectivity index (χ1v) is 7.06. The molecule has 1 N–H and O–H groups in total. The highest BCUT2D eigenvalue weighted by Crippen LogP contribution is 2.37. The normalized spacial score (nSPS) is 12.9. The summed E-state index contributed by atoms with van der Waals surface area (Å²) in [6.07, 6.45) is 0.989. The molecule has 0 saturated heterocycles. The third-order valence-corrected chi connectivity index (χ3v) is 3.64. The number of rotatable bonds is 5. The number of hydrogen-bond donors (Lipinski definition) is 1. The van der Waals surface area contributed by atoms with E-state index in [1.165, 1.54) is 5.56 Å². The largest absolute Gasteiger partial charge is 0.507 e. The van der Waals surface area contributed by atoms with Crippen LogP contribution in [0.3, 0.4) is 0 Å². The first-order valence-electron chi connectivity index (χ1n) is 7.06. The van der Waals surface area contributed by atoms with Crippen molar-refractivity contribution in [3.63, 3.8) is 0 Å². The summed E-state index contributed by atoms with van der Waals surface area (Å²) >= 11 is 0. The van der Waals surface area contributed by atoms with Crippen LogP contribution in [0.1, 0.15) is 11.1 Å². The number of fused-ring (bicyclic) bond motifs is 1. The van der Waals surface area contributed by atoms with Crippen LogP contribution in [-0.4, -0.2) is 30.4 Å². The van der Waals surface area contributed by atoms with E-state index in [1.54, 1.807) is 6.07 Å². The Kier molecular flexibility index (Phi) is 3.97. The van der Waals surface area contributed by atoms with Gasteiger partial charge in [0.05, 0.1) is 0 Å². The molecule has 1 heterocycles. The third-order valence-electron chi connectivity index (χ3n) is 3.64. The van der Waals surface area contributed by atoms with Gasteiger partial charge >= 0.3 is 0 Å². The molecule has 2 aromatic carbocycles. The maximum atomic E-state index is 10.0. The number of aromatic hydroxyl groups is 1. The van der Waals surface area contributed by atoms with Crippen molar-refractivity contribution in [2.45, 2.75) is 13.0 Å². The summed E-state index contributed by atoms with van der Waals surface area (Å²) in [5.74, 6) is 1.58. The van der Waals surface area contributed by atoms with Crippen LogP contribution in [0.25, 0.3) is 0 Å². The summed E-state index contributed by atoms with van der Waals surface area (Å²) in [5.41, 5.74) is 2.18. The van der Waals surface area contributed by atoms with Crippen LogP contribution in [0, 0.1) is 0 Å². The topological polar surface area (TPSA) is 41.9 Å². The molecule has 1 aliphatic rings. The molecule has 0 aliphatic carbocycles. The lowest BCUT2D eigenvalue weighted by molar-refractivity contribution is 0.174. The summed E-state index contributed by atoms with van der Waals surface area (Å²) < 4.78 is 10.6. The Balaban J connectivity index is 1.61. The number of phenolic OH excluding ortho intramolecular Hbond substituents is 1. The second kappa shape index (κ2) is 6.06. The zero-order chi connectivity index (χ0) is 14.7. The average molecular weight is 285 g/mol. The van der Waals surface area contributed by atoms with E-state index in [-0.39, 0.29) is 12.5 Å². The summed E-state index contributed by atoms with van der Waals surface area (Å²) in [6.45, 7) is 1.83. The van der Waals surface area contributed by atoms with Crippen molar-refractivity contribution < 1.29 is 14.6 Å². The van der Waals surface area contributed by atoms with Gasteiger partial charge in [-0.3, -0.25) is 0 Å². The molecule has 110 valence electrons. The smallest absolute Gasteiger partial charge is 0.231 e. The second-order valence-electron chi connectivity index (χ2n) is 5.31. The van der Waals surface area contributed by atoms with Gasteiger partial charge < -0.3 is 19.5 Å². The molecule has 0 aromatic heterocycles. The van der Waals surface area contributed by atoms with Crippen LogP contribution in [0.15, 0.2) is 42.5 Å². The molecule has 0 radical (unpaired) electrons. The summed E-state index contributed by atoms with van der Waals surface area (Å²) in [5, 5.41) is 10.0. The van der Waals surface area contributed by atoms with Crippen LogP contribution in [-0.2, 0) is 13.0 Å². The number of ether oxygens (including phenoxy) is 2. The van der Waals surface area contributed by atoms with Gasteiger partial charge in [0.15, 0.2) is 11.5 Å². The van der Waals surface area contributed by atoms with Gasteiger partial charge in [-0.1, -0.05) is 30.3 Å². The van der Waals surface area contributed by atoms with Gasteiger partial charge in [-0.05, 0) is 25.1 Å². The van der Waals surface area contributed by atoms with E-state index in [4.69, 9.17) is 9.47 Å². The van der Waals surface area contributed by atoms with Crippen molar-refractivity contribution in [2.75, 3.05) is 20.4 Å². The quantitative estimate of drug-likeness (QED) is 0.917. The molecule has 0 unspecified atom stereocenters. The minimum absolute atomic E-state index is 0.224. The van der Waals surface area contributed by atoms with Gasteiger partial charge in [0.25, 0.3) is 0 Å². The van der Waals surface area contributed by atoms with E-state index >= 15 is 0 Å². The van der Waals surface area contributed by atoms with Crippen LogP contribution in [0.2, 0.25) is 0 Å². The first-order chi connectivity index (χ1) is 10.2. The molecule has 0 bridgehead atoms. The third kappa shape index (κ3) is 3.28. The molecule has 0 atom stereocenters. The molecule has 21 heavy (non-hydrogen) atoms. The molecule has 0 amide bonds. The molecule has 0 saturated carbocycles. The van der Waals surface area contributed by atoms with Crippen molar-refractivity contribution in [3.05, 3.63) is 53.6 Å². The Labute approximate surface area is 124 Å². The number of nitrogens with zero attached hydrogens (tertiary/aromatic N) is 1. The van der Waals surface area contributed by atoms with Crippen molar-refractivity contribution in [1.82, 2.24) is 4.90 Å². The van der Waals surface area contributed by atoms with Crippen molar-refractivity contribution in [1.29, 1.82) is 0 Å². The molecule has 3 rings (SSSR count). The molecule has 4 heteroatoms. The van der Waals surface area contributed by atoms with Crippen LogP contribution in [0.5, 0.6) is 17.2 Å². The van der Waals surface area contributed by atoms with E-state index in [0.29, 0.717) is 18.0 Å². The van der Waals surface area contributed by atoms with Gasteiger partial charge in [-0.25, -0.2) is 0 Å². The Bertz CT molecular complexity index is 613. The maximum Gasteiger partial charge on any atom is 0.231 e. The van der Waals surface area contributed by atoms with Crippen LogP contribution in [0.4, 0.5) is 0 Å². The standard InChI is InChI=1S/C17H19NO3/c1-18(8-7-13-5-3-2-4-6-13)11-14-9-16-17(10-15(14)19)21-12-20-16/h2-6,9-10,19H,7-8,11-12H2,1H3. The Morgan fingerprint density at radius 2 is 1.81 bits per heavy atom. The fourth-order valence-corrected chi connectivity index (χ4v) is 2.43. The summed E-state index contributed by atoms with van der Waals surface area (Å²) in [6, 6.07) is 13.9. The van der Waals surface area contributed by atoms with E-state index in [2.05, 4.69) is 29.2 Å². The zero-order valence-corrected chi connectivity index (χ0v) is 12.1. The average Bonchev–Trinajstić information content (AvgIpc) is 2.94. The summed E-state index contributed by atoms with van der Waals surface area (Å²) in [7, 11) is 2.05. The number of phenols is 1. The van der Waals surface area contributed by atoms with Crippen LogP contribution < -0.4 is 9.47 Å². The van der Waals surface area contributed by atoms with Gasteiger partial charge in [-0.15, -0.1) is 0 Å². The summed E-state index contributed by atoms with van der Waals surface area (Å²) in [4.78, 5) is 2.18. The lowest BCUT2D eigenvalue weighted by Gasteiger charge is -2.17. The number of hydrogen-bond acceptors (Lipinski definition) is 4. The minimum Gasteiger partial charge on any atom is -0.507 e. The number of likely N-dealkylation sites (N-methyl/N-ethyl adjacent to an activating group) is 1. The molecular formula is C17H19NO3. The zero-order valence-electron chi connectivity index (χ0n) is 12.1. The highest BCUT2D eigenvalue weighted by Gasteiger charge is 2.17. The van der Waals surface area contributed by atoms with Crippen LogP contribution >= 0.6 is 0 Å². The molecule has 4 nitrogen and oxygen atoms in total. The van der Waals surface area contributed by atoms with Gasteiger partial charge in [0.2, 0.25) is 6.79 Å².